The number of unbranched alkanes of at least 4 members (excludes halogenated alkanes) is 1. The third-order valence-corrected chi connectivity index (χ3v) is 2.87. The Morgan fingerprint density at radius 3 is 3.07 bits per heavy atom. The lowest BCUT2D eigenvalue weighted by Gasteiger charge is -2.01. The quantitative estimate of drug-likeness (QED) is 0.736. The number of nitrogens with one attached hydrogen (secondary N) is 1. The first kappa shape index (κ1) is 11.9. The largest absolute Gasteiger partial charge is 0.385 e. The second-order valence-corrected chi connectivity index (χ2v) is 4.68. The number of rotatable bonds is 7. The van der Waals surface area contributed by atoms with Crippen LogP contribution in [-0.2, 0) is 11.3 Å². The molecule has 0 amide bonds. The number of nitrogens with zero attached hydrogens (tertiary/aromatic N) is 1. The summed E-state index contributed by atoms with van der Waals surface area (Å²) in [6.45, 7) is 2.65. The van der Waals surface area contributed by atoms with Gasteiger partial charge in [0.2, 0.25) is 0 Å². The molecule has 0 saturated carbocycles. The Hall–Kier alpha value is -0.160. The zero-order chi connectivity index (χ0) is 10.2. The van der Waals surface area contributed by atoms with E-state index in [4.69, 9.17) is 16.3 Å². The minimum absolute atomic E-state index is 0.751. The van der Waals surface area contributed by atoms with Crippen LogP contribution in [0.5, 0.6) is 0 Å². The summed E-state index contributed by atoms with van der Waals surface area (Å²) in [6, 6.07) is 0. The first-order valence-corrected chi connectivity index (χ1v) is 5.82. The highest BCUT2D eigenvalue weighted by Gasteiger charge is 1.98. The molecule has 0 fully saturated rings. The van der Waals surface area contributed by atoms with Gasteiger partial charge in [0.1, 0.15) is 9.34 Å². The second-order valence-electron chi connectivity index (χ2n) is 2.93. The summed E-state index contributed by atoms with van der Waals surface area (Å²) >= 11 is 7.28. The minimum atomic E-state index is 0.751. The van der Waals surface area contributed by atoms with Gasteiger partial charge in [0.05, 0.1) is 6.20 Å². The molecule has 5 heteroatoms. The van der Waals surface area contributed by atoms with Gasteiger partial charge in [-0.25, -0.2) is 4.98 Å². The molecule has 0 unspecified atom stereocenters. The number of hydrogen-bond donors (Lipinski definition) is 1. The molecular weight excluding hydrogens is 220 g/mol. The molecule has 0 bridgehead atoms. The summed E-state index contributed by atoms with van der Waals surface area (Å²) in [5, 5.41) is 4.35. The fourth-order valence-electron chi connectivity index (χ4n) is 1.06. The third kappa shape index (κ3) is 4.91. The molecule has 0 saturated heterocycles. The van der Waals surface area contributed by atoms with Crippen LogP contribution in [0, 0.1) is 0 Å². The number of thiazole rings is 1. The molecule has 0 aliphatic heterocycles. The highest BCUT2D eigenvalue weighted by Crippen LogP contribution is 2.17. The van der Waals surface area contributed by atoms with Crippen molar-refractivity contribution in [3.63, 3.8) is 0 Å². The van der Waals surface area contributed by atoms with Crippen LogP contribution in [0.1, 0.15) is 17.8 Å². The van der Waals surface area contributed by atoms with E-state index in [1.807, 2.05) is 0 Å². The van der Waals surface area contributed by atoms with Crippen molar-refractivity contribution >= 4 is 22.9 Å². The van der Waals surface area contributed by atoms with Crippen LogP contribution in [0.4, 0.5) is 0 Å². The van der Waals surface area contributed by atoms with Crippen molar-refractivity contribution < 1.29 is 4.74 Å². The molecule has 1 rings (SSSR count). The molecule has 1 aromatic rings. The zero-order valence-electron chi connectivity index (χ0n) is 8.25. The van der Waals surface area contributed by atoms with E-state index < -0.39 is 0 Å². The van der Waals surface area contributed by atoms with Crippen molar-refractivity contribution in [3.05, 3.63) is 15.5 Å². The van der Waals surface area contributed by atoms with Crippen molar-refractivity contribution in [2.75, 3.05) is 20.3 Å². The van der Waals surface area contributed by atoms with Crippen molar-refractivity contribution in [2.45, 2.75) is 19.4 Å². The van der Waals surface area contributed by atoms with E-state index in [1.54, 1.807) is 13.3 Å². The minimum Gasteiger partial charge on any atom is -0.385 e. The van der Waals surface area contributed by atoms with Crippen LogP contribution >= 0.6 is 22.9 Å². The lowest BCUT2D eigenvalue weighted by Crippen LogP contribution is -2.14. The number of hydrogen-bond acceptors (Lipinski definition) is 4. The normalized spacial score (nSPS) is 10.7. The van der Waals surface area contributed by atoms with E-state index in [9.17, 15) is 0 Å². The molecule has 1 aromatic heterocycles. The van der Waals surface area contributed by atoms with Gasteiger partial charge in [0.25, 0.3) is 0 Å². The van der Waals surface area contributed by atoms with Crippen molar-refractivity contribution in [3.8, 4) is 0 Å². The average molecular weight is 235 g/mol. The molecule has 1 heterocycles. The van der Waals surface area contributed by atoms with Gasteiger partial charge in [-0.15, -0.1) is 11.3 Å². The van der Waals surface area contributed by atoms with Gasteiger partial charge < -0.3 is 10.1 Å². The topological polar surface area (TPSA) is 34.1 Å². The van der Waals surface area contributed by atoms with Gasteiger partial charge >= 0.3 is 0 Å². The van der Waals surface area contributed by atoms with E-state index in [0.717, 1.165) is 41.9 Å². The van der Waals surface area contributed by atoms with Crippen molar-refractivity contribution in [1.82, 2.24) is 10.3 Å². The fourth-order valence-corrected chi connectivity index (χ4v) is 1.99. The van der Waals surface area contributed by atoms with Crippen LogP contribution in [0.3, 0.4) is 0 Å². The Labute approximate surface area is 93.4 Å². The lowest BCUT2D eigenvalue weighted by atomic mass is 10.3. The molecule has 1 N–H and O–H groups in total. The summed E-state index contributed by atoms with van der Waals surface area (Å²) in [5.74, 6) is 0. The Morgan fingerprint density at radius 2 is 2.43 bits per heavy atom. The maximum atomic E-state index is 5.75. The highest BCUT2D eigenvalue weighted by atomic mass is 35.5. The third-order valence-electron chi connectivity index (χ3n) is 1.75. The Balaban J connectivity index is 1.99. The van der Waals surface area contributed by atoms with Crippen LogP contribution in [0.15, 0.2) is 6.20 Å². The second kappa shape index (κ2) is 7.17. The molecule has 3 nitrogen and oxygen atoms in total. The first-order chi connectivity index (χ1) is 6.83. The standard InChI is InChI=1S/C9H15ClN2OS/c1-13-5-3-2-4-11-7-9-12-6-8(10)14-9/h6,11H,2-5,7H2,1H3. The van der Waals surface area contributed by atoms with E-state index in [0.29, 0.717) is 0 Å². The molecule has 0 atom stereocenters. The summed E-state index contributed by atoms with van der Waals surface area (Å²) in [7, 11) is 1.73. The molecular formula is C9H15ClN2OS. The molecule has 80 valence electrons. The molecule has 0 aromatic carbocycles. The van der Waals surface area contributed by atoms with Gasteiger partial charge in [0.15, 0.2) is 0 Å². The maximum absolute atomic E-state index is 5.75. The lowest BCUT2D eigenvalue weighted by molar-refractivity contribution is 0.192. The van der Waals surface area contributed by atoms with Crippen molar-refractivity contribution in [2.24, 2.45) is 0 Å². The highest BCUT2D eigenvalue weighted by molar-refractivity contribution is 7.15. The van der Waals surface area contributed by atoms with E-state index >= 15 is 0 Å². The molecule has 0 aliphatic carbocycles. The molecule has 14 heavy (non-hydrogen) atoms. The summed E-state index contributed by atoms with van der Waals surface area (Å²) in [6.07, 6.45) is 3.92. The summed E-state index contributed by atoms with van der Waals surface area (Å²) < 4.78 is 5.71. The Morgan fingerprint density at radius 1 is 1.57 bits per heavy atom. The van der Waals surface area contributed by atoms with Crippen LogP contribution < -0.4 is 5.32 Å². The van der Waals surface area contributed by atoms with E-state index in [2.05, 4.69) is 10.3 Å². The first-order valence-electron chi connectivity index (χ1n) is 4.63. The maximum Gasteiger partial charge on any atom is 0.113 e. The predicted octanol–water partition coefficient (Wildman–Crippen LogP) is 2.31. The molecule has 0 radical (unpaired) electrons. The van der Waals surface area contributed by atoms with Crippen LogP contribution in [0.25, 0.3) is 0 Å². The van der Waals surface area contributed by atoms with Gasteiger partial charge in [0, 0.05) is 20.3 Å². The number of aromatic nitrogens is 1. The number of methoxy groups -OCH3 is 1. The Bertz CT molecular complexity index is 255. The predicted molar refractivity (Wildman–Crippen MR) is 59.9 cm³/mol. The van der Waals surface area contributed by atoms with Crippen LogP contribution in [-0.4, -0.2) is 25.2 Å². The number of ether oxygens (including phenoxy) is 1. The zero-order valence-corrected chi connectivity index (χ0v) is 9.83. The van der Waals surface area contributed by atoms with E-state index in [-0.39, 0.29) is 0 Å². The van der Waals surface area contributed by atoms with Gasteiger partial charge in [-0.2, -0.15) is 0 Å². The van der Waals surface area contributed by atoms with Crippen LogP contribution in [0.2, 0.25) is 4.34 Å². The van der Waals surface area contributed by atoms with Gasteiger partial charge in [-0.1, -0.05) is 11.6 Å². The van der Waals surface area contributed by atoms with Crippen molar-refractivity contribution in [1.29, 1.82) is 0 Å². The monoisotopic (exact) mass is 234 g/mol. The average Bonchev–Trinajstić information content (AvgIpc) is 2.58. The molecule has 0 spiro atoms. The smallest absolute Gasteiger partial charge is 0.113 e. The van der Waals surface area contributed by atoms with E-state index in [1.165, 1.54) is 11.3 Å². The van der Waals surface area contributed by atoms with Gasteiger partial charge in [-0.3, -0.25) is 0 Å². The number of halogens is 1. The fraction of sp³-hybridized carbons (Fsp3) is 0.667. The summed E-state index contributed by atoms with van der Waals surface area (Å²) in [4.78, 5) is 4.15. The summed E-state index contributed by atoms with van der Waals surface area (Å²) in [5.41, 5.74) is 0. The molecule has 0 aliphatic rings. The van der Waals surface area contributed by atoms with Gasteiger partial charge in [-0.05, 0) is 19.4 Å². The Kier molecular flexibility index (Phi) is 6.10. The SMILES string of the molecule is COCCCCNCc1ncc(Cl)s1.